The van der Waals surface area contributed by atoms with Gasteiger partial charge in [0.1, 0.15) is 17.7 Å². The molecule has 1 N–H and O–H groups in total. The molecule has 0 aliphatic carbocycles. The first-order chi connectivity index (χ1) is 14.2. The molecule has 1 amide bonds. The Balaban J connectivity index is 1.69. The highest BCUT2D eigenvalue weighted by Gasteiger charge is 2.33. The molecule has 1 aliphatic heterocycles. The van der Waals surface area contributed by atoms with Gasteiger partial charge in [-0.1, -0.05) is 37.6 Å². The van der Waals surface area contributed by atoms with Crippen molar-refractivity contribution in [1.29, 1.82) is 0 Å². The monoisotopic (exact) mass is 390 g/mol. The van der Waals surface area contributed by atoms with E-state index in [1.165, 1.54) is 12.1 Å². The maximum absolute atomic E-state index is 13.4. The number of benzene rings is 3. The molecule has 0 spiro atoms. The fourth-order valence-corrected chi connectivity index (χ4v) is 3.44. The second-order valence-corrected chi connectivity index (χ2v) is 7.02. The number of rotatable bonds is 6. The fraction of sp³-hybridized carbons (Fsp3) is 0.208. The van der Waals surface area contributed by atoms with Crippen molar-refractivity contribution in [2.75, 3.05) is 16.8 Å². The number of anilines is 2. The predicted molar refractivity (Wildman–Crippen MR) is 113 cm³/mol. The standard InChI is InChI=1S/C24H23FN2O2/c1-2-3-16-29-20-14-8-17(9-15-20)23-26-22-7-5-4-6-21(22)24(28)27(23)19-12-10-18(25)11-13-19/h4-15,23,26H,2-3,16H2,1H3. The summed E-state index contributed by atoms with van der Waals surface area (Å²) >= 11 is 0. The van der Waals surface area contributed by atoms with Gasteiger partial charge < -0.3 is 10.1 Å². The van der Waals surface area contributed by atoms with Crippen LogP contribution < -0.4 is 15.0 Å². The van der Waals surface area contributed by atoms with Crippen molar-refractivity contribution in [3.8, 4) is 5.75 Å². The molecule has 4 rings (SSSR count). The normalized spacial score (nSPS) is 15.6. The molecule has 1 heterocycles. The van der Waals surface area contributed by atoms with Crippen LogP contribution in [0.4, 0.5) is 15.8 Å². The minimum Gasteiger partial charge on any atom is -0.494 e. The van der Waals surface area contributed by atoms with Crippen LogP contribution in [0.5, 0.6) is 5.75 Å². The Morgan fingerprint density at radius 1 is 1.00 bits per heavy atom. The summed E-state index contributed by atoms with van der Waals surface area (Å²) in [5.74, 6) is 0.342. The summed E-state index contributed by atoms with van der Waals surface area (Å²) in [7, 11) is 0. The summed E-state index contributed by atoms with van der Waals surface area (Å²) in [6.45, 7) is 2.81. The molecule has 0 aromatic heterocycles. The lowest BCUT2D eigenvalue weighted by molar-refractivity contribution is 0.0975. The van der Waals surface area contributed by atoms with Crippen molar-refractivity contribution in [2.45, 2.75) is 25.9 Å². The Hall–Kier alpha value is -3.34. The number of fused-ring (bicyclic) bond motifs is 1. The number of unbranched alkanes of at least 4 members (excludes halogenated alkanes) is 1. The maximum atomic E-state index is 13.4. The molecule has 29 heavy (non-hydrogen) atoms. The summed E-state index contributed by atoms with van der Waals surface area (Å²) in [5, 5.41) is 3.45. The molecule has 3 aromatic carbocycles. The van der Waals surface area contributed by atoms with Gasteiger partial charge in [0.2, 0.25) is 0 Å². The molecule has 3 aromatic rings. The second-order valence-electron chi connectivity index (χ2n) is 7.02. The van der Waals surface area contributed by atoms with Crippen molar-refractivity contribution >= 4 is 17.3 Å². The number of amides is 1. The molecule has 0 fully saturated rings. The van der Waals surface area contributed by atoms with E-state index in [0.717, 1.165) is 29.8 Å². The van der Waals surface area contributed by atoms with Crippen molar-refractivity contribution in [3.05, 3.63) is 89.7 Å². The molecule has 1 aliphatic rings. The summed E-state index contributed by atoms with van der Waals surface area (Å²) in [6.07, 6.45) is 1.68. The van der Waals surface area contributed by atoms with Gasteiger partial charge >= 0.3 is 0 Å². The van der Waals surface area contributed by atoms with Gasteiger partial charge in [0.05, 0.1) is 12.2 Å². The Bertz CT molecular complexity index is 987. The highest BCUT2D eigenvalue weighted by Crippen LogP contribution is 2.37. The van der Waals surface area contributed by atoms with E-state index in [1.807, 2.05) is 42.5 Å². The van der Waals surface area contributed by atoms with Gasteiger partial charge in [-0.3, -0.25) is 9.69 Å². The minimum atomic E-state index is -0.410. The quantitative estimate of drug-likeness (QED) is 0.543. The van der Waals surface area contributed by atoms with Crippen LogP contribution in [0.2, 0.25) is 0 Å². The number of hydrogen-bond acceptors (Lipinski definition) is 3. The zero-order chi connectivity index (χ0) is 20.2. The Morgan fingerprint density at radius 2 is 1.72 bits per heavy atom. The van der Waals surface area contributed by atoms with Crippen LogP contribution >= 0.6 is 0 Å². The Labute approximate surface area is 169 Å². The predicted octanol–water partition coefficient (Wildman–Crippen LogP) is 5.78. The van der Waals surface area contributed by atoms with Gasteiger partial charge in [-0.2, -0.15) is 0 Å². The molecule has 4 nitrogen and oxygen atoms in total. The summed E-state index contributed by atoms with van der Waals surface area (Å²) in [5.41, 5.74) is 2.92. The van der Waals surface area contributed by atoms with Crippen LogP contribution in [0.15, 0.2) is 72.8 Å². The molecule has 0 saturated carbocycles. The SMILES string of the molecule is CCCCOc1ccc(C2Nc3ccccc3C(=O)N2c2ccc(F)cc2)cc1. The topological polar surface area (TPSA) is 41.6 Å². The number of para-hydroxylation sites is 1. The van der Waals surface area contributed by atoms with Crippen LogP contribution in [-0.2, 0) is 0 Å². The summed E-state index contributed by atoms with van der Waals surface area (Å²) in [4.78, 5) is 15.0. The van der Waals surface area contributed by atoms with Crippen LogP contribution in [0.3, 0.4) is 0 Å². The fourth-order valence-electron chi connectivity index (χ4n) is 3.44. The lowest BCUT2D eigenvalue weighted by Gasteiger charge is -2.38. The number of halogens is 1. The Morgan fingerprint density at radius 3 is 2.45 bits per heavy atom. The summed E-state index contributed by atoms with van der Waals surface area (Å²) in [6, 6.07) is 21.1. The van der Waals surface area contributed by atoms with E-state index in [0.29, 0.717) is 17.9 Å². The van der Waals surface area contributed by atoms with Gasteiger partial charge in [0, 0.05) is 11.4 Å². The number of hydrogen-bond donors (Lipinski definition) is 1. The third kappa shape index (κ3) is 3.94. The van der Waals surface area contributed by atoms with Gasteiger partial charge in [0.25, 0.3) is 5.91 Å². The van der Waals surface area contributed by atoms with Crippen molar-refractivity contribution in [3.63, 3.8) is 0 Å². The molecule has 0 radical (unpaired) electrons. The maximum Gasteiger partial charge on any atom is 0.262 e. The lowest BCUT2D eigenvalue weighted by atomic mass is 10.0. The van der Waals surface area contributed by atoms with Crippen LogP contribution in [0.25, 0.3) is 0 Å². The molecular weight excluding hydrogens is 367 g/mol. The first kappa shape index (κ1) is 19.0. The average Bonchev–Trinajstić information content (AvgIpc) is 2.75. The van der Waals surface area contributed by atoms with Crippen LogP contribution in [0.1, 0.15) is 41.9 Å². The molecule has 0 bridgehead atoms. The summed E-state index contributed by atoms with van der Waals surface area (Å²) < 4.78 is 19.2. The Kier molecular flexibility index (Phi) is 5.47. The second kappa shape index (κ2) is 8.35. The van der Waals surface area contributed by atoms with Gasteiger partial charge in [-0.05, 0) is 60.5 Å². The first-order valence-electron chi connectivity index (χ1n) is 9.85. The molecule has 5 heteroatoms. The van der Waals surface area contributed by atoms with Gasteiger partial charge in [-0.15, -0.1) is 0 Å². The molecular formula is C24H23FN2O2. The highest BCUT2D eigenvalue weighted by molar-refractivity contribution is 6.12. The molecule has 1 atom stereocenters. The third-order valence-corrected chi connectivity index (χ3v) is 4.99. The molecule has 0 saturated heterocycles. The van der Waals surface area contributed by atoms with Gasteiger partial charge in [-0.25, -0.2) is 4.39 Å². The lowest BCUT2D eigenvalue weighted by Crippen LogP contribution is -2.43. The number of carbonyl (C=O) groups excluding carboxylic acids is 1. The largest absolute Gasteiger partial charge is 0.494 e. The minimum absolute atomic E-state index is 0.126. The average molecular weight is 390 g/mol. The van der Waals surface area contributed by atoms with Crippen molar-refractivity contribution in [2.24, 2.45) is 0 Å². The number of ether oxygens (including phenoxy) is 1. The zero-order valence-corrected chi connectivity index (χ0v) is 16.3. The van der Waals surface area contributed by atoms with E-state index in [9.17, 15) is 9.18 Å². The van der Waals surface area contributed by atoms with Crippen LogP contribution in [-0.4, -0.2) is 12.5 Å². The third-order valence-electron chi connectivity index (χ3n) is 4.99. The van der Waals surface area contributed by atoms with E-state index >= 15 is 0 Å². The number of carbonyl (C=O) groups is 1. The van der Waals surface area contributed by atoms with E-state index in [4.69, 9.17) is 4.74 Å². The molecule has 1 unspecified atom stereocenters. The van der Waals surface area contributed by atoms with Crippen molar-refractivity contribution in [1.82, 2.24) is 0 Å². The zero-order valence-electron chi connectivity index (χ0n) is 16.3. The number of nitrogens with one attached hydrogen (secondary N) is 1. The van der Waals surface area contributed by atoms with E-state index in [1.54, 1.807) is 23.1 Å². The number of nitrogens with zero attached hydrogens (tertiary/aromatic N) is 1. The molecule has 148 valence electrons. The smallest absolute Gasteiger partial charge is 0.262 e. The van der Waals surface area contributed by atoms with E-state index < -0.39 is 6.17 Å². The van der Waals surface area contributed by atoms with Crippen LogP contribution in [0, 0.1) is 5.82 Å². The highest BCUT2D eigenvalue weighted by atomic mass is 19.1. The van der Waals surface area contributed by atoms with E-state index in [-0.39, 0.29) is 11.7 Å². The van der Waals surface area contributed by atoms with Crippen molar-refractivity contribution < 1.29 is 13.9 Å². The van der Waals surface area contributed by atoms with Gasteiger partial charge in [0.15, 0.2) is 0 Å². The van der Waals surface area contributed by atoms with E-state index in [2.05, 4.69) is 12.2 Å². The first-order valence-corrected chi connectivity index (χ1v) is 9.85.